The molecule has 0 amide bonds. The third kappa shape index (κ3) is 2.75. The first-order valence-corrected chi connectivity index (χ1v) is 11.1. The van der Waals surface area contributed by atoms with Crippen LogP contribution in [0, 0.1) is 0 Å². The number of allylic oxidation sites excluding steroid dienone is 4. The predicted molar refractivity (Wildman–Crippen MR) is 116 cm³/mol. The minimum atomic E-state index is -1.86. The number of hydrogen-bond donors (Lipinski definition) is 0. The molecule has 1 aliphatic rings. The zero-order valence-electron chi connectivity index (χ0n) is 15.2. The molecule has 26 heavy (non-hydrogen) atoms. The Kier molecular flexibility index (Phi) is 4.87. The maximum Gasteiger partial charge on any atom is 0.140 e. The molecule has 0 radical (unpaired) electrons. The molecule has 1 aliphatic carbocycles. The van der Waals surface area contributed by atoms with Gasteiger partial charge in [0, 0.05) is 6.42 Å². The number of hydrogen-bond acceptors (Lipinski definition) is 0. The second kappa shape index (κ2) is 7.44. The van der Waals surface area contributed by atoms with Crippen molar-refractivity contribution in [2.75, 3.05) is 0 Å². The van der Waals surface area contributed by atoms with Crippen LogP contribution in [0.4, 0.5) is 0 Å². The Hall–Kier alpha value is -2.43. The van der Waals surface area contributed by atoms with Gasteiger partial charge in [0.1, 0.15) is 23.2 Å². The lowest BCUT2D eigenvalue weighted by atomic mass is 10.2. The molecule has 4 rings (SSSR count). The molecule has 0 saturated carbocycles. The van der Waals surface area contributed by atoms with Gasteiger partial charge in [0.2, 0.25) is 0 Å². The van der Waals surface area contributed by atoms with Crippen LogP contribution in [-0.4, -0.2) is 0 Å². The highest BCUT2D eigenvalue weighted by Gasteiger charge is 2.50. The third-order valence-corrected chi connectivity index (χ3v) is 9.71. The molecule has 1 heteroatoms. The van der Waals surface area contributed by atoms with Crippen LogP contribution in [-0.2, 0) is 0 Å². The molecule has 0 N–H and O–H groups in total. The minimum Gasteiger partial charge on any atom is -0.0763 e. The third-order valence-electron chi connectivity index (χ3n) is 5.22. The van der Waals surface area contributed by atoms with E-state index >= 15 is 0 Å². The van der Waals surface area contributed by atoms with Crippen LogP contribution in [0.25, 0.3) is 0 Å². The van der Waals surface area contributed by atoms with Crippen LogP contribution in [0.1, 0.15) is 19.8 Å². The van der Waals surface area contributed by atoms with Crippen molar-refractivity contribution in [3.8, 4) is 0 Å². The van der Waals surface area contributed by atoms with Crippen molar-refractivity contribution in [2.24, 2.45) is 0 Å². The van der Waals surface area contributed by atoms with Gasteiger partial charge in [0.05, 0.1) is 5.31 Å². The van der Waals surface area contributed by atoms with E-state index in [9.17, 15) is 0 Å². The normalized spacial score (nSPS) is 14.0. The molecule has 128 valence electrons. The maximum absolute atomic E-state index is 2.35. The lowest BCUT2D eigenvalue weighted by Gasteiger charge is -2.29. The average molecular weight is 355 g/mol. The summed E-state index contributed by atoms with van der Waals surface area (Å²) in [5.41, 5.74) is 1.51. The smallest absolute Gasteiger partial charge is 0.0763 e. The molecule has 0 atom stereocenters. The lowest BCUT2D eigenvalue weighted by Crippen LogP contribution is -2.32. The van der Waals surface area contributed by atoms with Crippen molar-refractivity contribution in [1.29, 1.82) is 0 Å². The first kappa shape index (κ1) is 17.0. The van der Waals surface area contributed by atoms with E-state index < -0.39 is 7.26 Å². The van der Waals surface area contributed by atoms with Gasteiger partial charge in [-0.1, -0.05) is 73.7 Å². The Morgan fingerprint density at radius 3 is 1.46 bits per heavy atom. The van der Waals surface area contributed by atoms with Gasteiger partial charge >= 0.3 is 0 Å². The Bertz CT molecular complexity index is 825. The SMILES string of the molecule is CCC1=C([P+](c2ccccc2)(c2ccccc2)c2ccccc2)CC=C1. The summed E-state index contributed by atoms with van der Waals surface area (Å²) >= 11 is 0. The van der Waals surface area contributed by atoms with Crippen LogP contribution in [0.3, 0.4) is 0 Å². The summed E-state index contributed by atoms with van der Waals surface area (Å²) in [5.74, 6) is 0. The van der Waals surface area contributed by atoms with Gasteiger partial charge in [-0.2, -0.15) is 0 Å². The van der Waals surface area contributed by atoms with Crippen LogP contribution in [0.2, 0.25) is 0 Å². The standard InChI is InChI=1S/C25H24P/c1-2-21-13-12-20-25(21)26(22-14-6-3-7-15-22,23-16-8-4-9-17-23)24-18-10-5-11-19-24/h3-19H,2,20H2,1H3/q+1. The van der Waals surface area contributed by atoms with E-state index in [0.29, 0.717) is 0 Å². The van der Waals surface area contributed by atoms with Crippen molar-refractivity contribution in [1.82, 2.24) is 0 Å². The molecule has 0 bridgehead atoms. The van der Waals surface area contributed by atoms with Gasteiger partial charge in [-0.25, -0.2) is 0 Å². The lowest BCUT2D eigenvalue weighted by molar-refractivity contribution is 1.14. The van der Waals surface area contributed by atoms with Crippen molar-refractivity contribution >= 4 is 23.2 Å². The van der Waals surface area contributed by atoms with Gasteiger partial charge in [-0.15, -0.1) is 0 Å². The molecule has 0 spiro atoms. The average Bonchev–Trinajstić information content (AvgIpc) is 3.20. The monoisotopic (exact) mass is 355 g/mol. The second-order valence-electron chi connectivity index (χ2n) is 6.61. The van der Waals surface area contributed by atoms with E-state index in [4.69, 9.17) is 0 Å². The molecular weight excluding hydrogens is 331 g/mol. The van der Waals surface area contributed by atoms with Crippen LogP contribution in [0.15, 0.2) is 114 Å². The van der Waals surface area contributed by atoms with E-state index in [1.54, 1.807) is 5.31 Å². The van der Waals surface area contributed by atoms with Gasteiger partial charge in [0.15, 0.2) is 0 Å². The van der Waals surface area contributed by atoms with E-state index in [1.807, 2.05) is 0 Å². The molecule has 0 nitrogen and oxygen atoms in total. The minimum absolute atomic E-state index is 1.05. The summed E-state index contributed by atoms with van der Waals surface area (Å²) in [4.78, 5) is 0. The van der Waals surface area contributed by atoms with Crippen LogP contribution < -0.4 is 15.9 Å². The van der Waals surface area contributed by atoms with Crippen molar-refractivity contribution in [3.63, 3.8) is 0 Å². The van der Waals surface area contributed by atoms with E-state index in [-0.39, 0.29) is 0 Å². The van der Waals surface area contributed by atoms with Crippen LogP contribution in [0.5, 0.6) is 0 Å². The molecule has 3 aromatic carbocycles. The fraction of sp³-hybridized carbons (Fsp3) is 0.120. The summed E-state index contributed by atoms with van der Waals surface area (Å²) in [5, 5.41) is 5.95. The molecular formula is C25H24P+. The van der Waals surface area contributed by atoms with Gasteiger partial charge in [-0.05, 0) is 48.4 Å². The van der Waals surface area contributed by atoms with E-state index in [0.717, 1.165) is 12.8 Å². The summed E-state index contributed by atoms with van der Waals surface area (Å²) in [6.07, 6.45) is 6.83. The fourth-order valence-corrected chi connectivity index (χ4v) is 8.81. The molecule has 0 fully saturated rings. The number of benzene rings is 3. The maximum atomic E-state index is 2.35. The predicted octanol–water partition coefficient (Wildman–Crippen LogP) is 5.60. The molecule has 0 heterocycles. The van der Waals surface area contributed by atoms with Gasteiger partial charge in [0.25, 0.3) is 0 Å². The molecule has 0 aliphatic heterocycles. The highest BCUT2D eigenvalue weighted by molar-refractivity contribution is 7.99. The number of rotatable bonds is 5. The van der Waals surface area contributed by atoms with Gasteiger partial charge < -0.3 is 0 Å². The Labute approximate surface area is 157 Å². The zero-order valence-corrected chi connectivity index (χ0v) is 16.1. The molecule has 0 aromatic heterocycles. The molecule has 0 unspecified atom stereocenters. The second-order valence-corrected chi connectivity index (χ2v) is 10.0. The zero-order chi connectivity index (χ0) is 17.8. The molecule has 3 aromatic rings. The largest absolute Gasteiger partial charge is 0.140 e. The summed E-state index contributed by atoms with van der Waals surface area (Å²) in [6.45, 7) is 2.28. The van der Waals surface area contributed by atoms with Crippen LogP contribution >= 0.6 is 7.26 Å². The van der Waals surface area contributed by atoms with E-state index in [2.05, 4.69) is 110 Å². The quantitative estimate of drug-likeness (QED) is 0.522. The summed E-state index contributed by atoms with van der Waals surface area (Å²) in [7, 11) is -1.86. The topological polar surface area (TPSA) is 0 Å². The highest BCUT2D eigenvalue weighted by atomic mass is 31.2. The van der Waals surface area contributed by atoms with Crippen molar-refractivity contribution < 1.29 is 0 Å². The van der Waals surface area contributed by atoms with Crippen molar-refractivity contribution in [2.45, 2.75) is 19.8 Å². The molecule has 0 saturated heterocycles. The Morgan fingerprint density at radius 2 is 1.08 bits per heavy atom. The van der Waals surface area contributed by atoms with E-state index in [1.165, 1.54) is 21.5 Å². The Morgan fingerprint density at radius 1 is 0.654 bits per heavy atom. The first-order chi connectivity index (χ1) is 12.9. The Balaban J connectivity index is 2.12. The first-order valence-electron chi connectivity index (χ1n) is 9.32. The summed E-state index contributed by atoms with van der Waals surface area (Å²) < 4.78 is 0. The highest BCUT2D eigenvalue weighted by Crippen LogP contribution is 2.65. The van der Waals surface area contributed by atoms with Crippen molar-refractivity contribution in [3.05, 3.63) is 114 Å². The fourth-order valence-electron chi connectivity index (χ4n) is 4.08. The van der Waals surface area contributed by atoms with Gasteiger partial charge in [-0.3, -0.25) is 0 Å². The summed E-state index contributed by atoms with van der Waals surface area (Å²) in [6, 6.07) is 33.4.